The molecule has 0 aliphatic rings. The Balaban J connectivity index is 2.07. The quantitative estimate of drug-likeness (QED) is 0.786. The van der Waals surface area contributed by atoms with Crippen LogP contribution in [0.25, 0.3) is 11.4 Å². The maximum absolute atomic E-state index is 10.9. The molecule has 1 unspecified atom stereocenters. The zero-order chi connectivity index (χ0) is 15.2. The molecule has 0 spiro atoms. The molecule has 1 aromatic carbocycles. The predicted octanol–water partition coefficient (Wildman–Crippen LogP) is 2.16. The molecule has 0 saturated heterocycles. The van der Waals surface area contributed by atoms with Crippen molar-refractivity contribution in [3.63, 3.8) is 0 Å². The van der Waals surface area contributed by atoms with Gasteiger partial charge < -0.3 is 9.84 Å². The number of unbranched alkanes of at least 4 members (excludes halogenated alkanes) is 1. The second-order valence-electron chi connectivity index (χ2n) is 4.67. The Bertz CT molecular complexity index is 595. The normalized spacial score (nSPS) is 12.1. The van der Waals surface area contributed by atoms with Crippen molar-refractivity contribution in [3.8, 4) is 17.1 Å². The second-order valence-corrected chi connectivity index (χ2v) is 4.67. The number of ether oxygens (including phenoxy) is 1. The molecule has 1 heterocycles. The van der Waals surface area contributed by atoms with E-state index in [1.165, 1.54) is 6.92 Å². The summed E-state index contributed by atoms with van der Waals surface area (Å²) in [6.07, 6.45) is 2.11. The van der Waals surface area contributed by atoms with E-state index in [0.717, 1.165) is 29.0 Å². The number of carbonyl (C=O) groups is 1. The lowest BCUT2D eigenvalue weighted by Crippen LogP contribution is -2.18. The first-order valence-electron chi connectivity index (χ1n) is 6.87. The molecular weight excluding hydrogens is 272 g/mol. The molecule has 1 atom stereocenters. The van der Waals surface area contributed by atoms with Gasteiger partial charge in [-0.25, -0.2) is 4.79 Å². The molecule has 0 aliphatic carbocycles. The van der Waals surface area contributed by atoms with Crippen molar-refractivity contribution in [1.82, 2.24) is 20.2 Å². The minimum atomic E-state index is -1.00. The van der Waals surface area contributed by atoms with Gasteiger partial charge in [0.05, 0.1) is 6.61 Å². The summed E-state index contributed by atoms with van der Waals surface area (Å²) in [6, 6.07) is 6.49. The smallest absolute Gasteiger partial charge is 0.330 e. The van der Waals surface area contributed by atoms with Crippen LogP contribution in [0.3, 0.4) is 0 Å². The third-order valence-corrected chi connectivity index (χ3v) is 3.01. The maximum atomic E-state index is 10.9. The Morgan fingerprint density at radius 1 is 1.38 bits per heavy atom. The zero-order valence-corrected chi connectivity index (χ0v) is 12.1. The van der Waals surface area contributed by atoms with Gasteiger partial charge in [0, 0.05) is 5.56 Å². The number of hydrogen-bond acceptors (Lipinski definition) is 5. The van der Waals surface area contributed by atoms with E-state index < -0.39 is 12.0 Å². The molecule has 1 N–H and O–H groups in total. The van der Waals surface area contributed by atoms with Gasteiger partial charge in [-0.3, -0.25) is 0 Å². The van der Waals surface area contributed by atoms with E-state index in [-0.39, 0.29) is 0 Å². The van der Waals surface area contributed by atoms with Crippen LogP contribution in [-0.2, 0) is 4.79 Å². The summed E-state index contributed by atoms with van der Waals surface area (Å²) < 4.78 is 5.57. The first kappa shape index (κ1) is 15.0. The van der Waals surface area contributed by atoms with Crippen molar-refractivity contribution in [3.05, 3.63) is 24.3 Å². The number of aromatic nitrogens is 4. The third kappa shape index (κ3) is 3.77. The Labute approximate surface area is 122 Å². The van der Waals surface area contributed by atoms with Crippen molar-refractivity contribution in [2.75, 3.05) is 6.61 Å². The summed E-state index contributed by atoms with van der Waals surface area (Å²) in [5.41, 5.74) is 0.765. The molecule has 0 radical (unpaired) electrons. The van der Waals surface area contributed by atoms with Crippen LogP contribution in [-0.4, -0.2) is 37.9 Å². The molecule has 0 bridgehead atoms. The monoisotopic (exact) mass is 290 g/mol. The van der Waals surface area contributed by atoms with Gasteiger partial charge in [0.15, 0.2) is 6.04 Å². The number of nitrogens with zero attached hydrogens (tertiary/aromatic N) is 4. The summed E-state index contributed by atoms with van der Waals surface area (Å²) in [6.45, 7) is 4.30. The van der Waals surface area contributed by atoms with E-state index in [0.29, 0.717) is 12.4 Å². The fourth-order valence-electron chi connectivity index (χ4n) is 1.64. The molecular formula is C14H18N4O3. The second kappa shape index (κ2) is 6.83. The molecule has 0 fully saturated rings. The van der Waals surface area contributed by atoms with Gasteiger partial charge in [-0.15, -0.1) is 15.0 Å². The zero-order valence-electron chi connectivity index (χ0n) is 12.1. The first-order chi connectivity index (χ1) is 10.1. The fourth-order valence-corrected chi connectivity index (χ4v) is 1.64. The molecule has 2 rings (SSSR count). The fraction of sp³-hybridized carbons (Fsp3) is 0.429. The minimum Gasteiger partial charge on any atom is -0.494 e. The van der Waals surface area contributed by atoms with Crippen LogP contribution in [0.4, 0.5) is 0 Å². The third-order valence-electron chi connectivity index (χ3n) is 3.01. The van der Waals surface area contributed by atoms with Crippen molar-refractivity contribution in [2.45, 2.75) is 32.7 Å². The van der Waals surface area contributed by atoms with E-state index in [9.17, 15) is 4.79 Å². The van der Waals surface area contributed by atoms with Gasteiger partial charge >= 0.3 is 5.97 Å². The number of carboxylic acids is 1. The highest BCUT2D eigenvalue weighted by molar-refractivity contribution is 5.71. The van der Waals surface area contributed by atoms with E-state index in [1.807, 2.05) is 24.3 Å². The van der Waals surface area contributed by atoms with Crippen LogP contribution in [0.1, 0.15) is 32.7 Å². The van der Waals surface area contributed by atoms with E-state index in [1.54, 1.807) is 0 Å². The average Bonchev–Trinajstić information content (AvgIpc) is 2.97. The number of benzene rings is 1. The van der Waals surface area contributed by atoms with Gasteiger partial charge in [0.2, 0.25) is 5.82 Å². The lowest BCUT2D eigenvalue weighted by molar-refractivity contribution is -0.141. The summed E-state index contributed by atoms with van der Waals surface area (Å²) in [4.78, 5) is 12.0. The highest BCUT2D eigenvalue weighted by Crippen LogP contribution is 2.19. The number of tetrazole rings is 1. The van der Waals surface area contributed by atoms with Gasteiger partial charge in [-0.05, 0) is 42.8 Å². The molecule has 7 nitrogen and oxygen atoms in total. The lowest BCUT2D eigenvalue weighted by Gasteiger charge is -2.05. The van der Waals surface area contributed by atoms with Crippen LogP contribution in [0.5, 0.6) is 5.75 Å². The van der Waals surface area contributed by atoms with Gasteiger partial charge in [0.1, 0.15) is 5.75 Å². The first-order valence-corrected chi connectivity index (χ1v) is 6.87. The molecule has 2 aromatic rings. The van der Waals surface area contributed by atoms with Crippen molar-refractivity contribution >= 4 is 5.97 Å². The molecule has 112 valence electrons. The molecule has 0 amide bonds. The predicted molar refractivity (Wildman–Crippen MR) is 76.0 cm³/mol. The SMILES string of the molecule is CCCCOc1ccc(-c2nnn(C(C)C(=O)O)n2)cc1. The molecule has 0 aliphatic heterocycles. The van der Waals surface area contributed by atoms with Crippen LogP contribution >= 0.6 is 0 Å². The summed E-state index contributed by atoms with van der Waals surface area (Å²) >= 11 is 0. The Hall–Kier alpha value is -2.44. The van der Waals surface area contributed by atoms with Crippen molar-refractivity contribution in [1.29, 1.82) is 0 Å². The van der Waals surface area contributed by atoms with Crippen LogP contribution in [0, 0.1) is 0 Å². The Kier molecular flexibility index (Phi) is 4.86. The number of rotatable bonds is 7. The van der Waals surface area contributed by atoms with Crippen LogP contribution < -0.4 is 4.74 Å². The molecule has 0 saturated carbocycles. The van der Waals surface area contributed by atoms with Crippen LogP contribution in [0.2, 0.25) is 0 Å². The Morgan fingerprint density at radius 2 is 2.10 bits per heavy atom. The van der Waals surface area contributed by atoms with E-state index in [2.05, 4.69) is 22.3 Å². The Morgan fingerprint density at radius 3 is 2.71 bits per heavy atom. The van der Waals surface area contributed by atoms with Crippen molar-refractivity contribution in [2.24, 2.45) is 0 Å². The lowest BCUT2D eigenvalue weighted by atomic mass is 10.2. The van der Waals surface area contributed by atoms with Crippen molar-refractivity contribution < 1.29 is 14.6 Å². The molecule has 21 heavy (non-hydrogen) atoms. The van der Waals surface area contributed by atoms with Gasteiger partial charge in [-0.1, -0.05) is 13.3 Å². The number of carboxylic acid groups (broad SMARTS) is 1. The highest BCUT2D eigenvalue weighted by Gasteiger charge is 2.17. The maximum Gasteiger partial charge on any atom is 0.330 e. The van der Waals surface area contributed by atoms with Gasteiger partial charge in [0.25, 0.3) is 0 Å². The topological polar surface area (TPSA) is 90.1 Å². The summed E-state index contributed by atoms with van der Waals surface area (Å²) in [7, 11) is 0. The molecule has 1 aromatic heterocycles. The van der Waals surface area contributed by atoms with E-state index in [4.69, 9.17) is 9.84 Å². The standard InChI is InChI=1S/C14H18N4O3/c1-3-4-9-21-12-7-5-11(6-8-12)13-15-17-18(16-13)10(2)14(19)20/h5-8,10H,3-4,9H2,1-2H3,(H,19,20). The van der Waals surface area contributed by atoms with Crippen LogP contribution in [0.15, 0.2) is 24.3 Å². The summed E-state index contributed by atoms with van der Waals surface area (Å²) in [5.74, 6) is 0.181. The average molecular weight is 290 g/mol. The largest absolute Gasteiger partial charge is 0.494 e. The minimum absolute atomic E-state index is 0.392. The van der Waals surface area contributed by atoms with E-state index >= 15 is 0 Å². The number of aliphatic carboxylic acids is 1. The molecule has 7 heteroatoms. The summed E-state index contributed by atoms with van der Waals surface area (Å²) in [5, 5.41) is 20.6. The highest BCUT2D eigenvalue weighted by atomic mass is 16.5. The van der Waals surface area contributed by atoms with Gasteiger partial charge in [-0.2, -0.15) is 0 Å². The number of hydrogen-bond donors (Lipinski definition) is 1.